The van der Waals surface area contributed by atoms with E-state index in [4.69, 9.17) is 9.47 Å². The SMILES string of the molecule is C=C1CCC(C)C(C)(CCC2=CC(OC)OC2=O)CC=CC=C1C(=O)O. The molecule has 0 amide bonds. The van der Waals surface area contributed by atoms with E-state index in [0.717, 1.165) is 19.3 Å². The molecule has 142 valence electrons. The summed E-state index contributed by atoms with van der Waals surface area (Å²) < 4.78 is 10.2. The monoisotopic (exact) mass is 360 g/mol. The average molecular weight is 360 g/mol. The van der Waals surface area contributed by atoms with Crippen LogP contribution in [0.15, 0.2) is 47.6 Å². The van der Waals surface area contributed by atoms with Gasteiger partial charge < -0.3 is 14.6 Å². The number of allylic oxidation sites excluding steroid dienone is 3. The molecule has 0 spiro atoms. The zero-order chi connectivity index (χ0) is 19.3. The van der Waals surface area contributed by atoms with Crippen LogP contribution in [0.1, 0.15) is 46.0 Å². The van der Waals surface area contributed by atoms with E-state index >= 15 is 0 Å². The van der Waals surface area contributed by atoms with Gasteiger partial charge in [-0.3, -0.25) is 0 Å². The van der Waals surface area contributed by atoms with Crippen molar-refractivity contribution < 1.29 is 24.2 Å². The van der Waals surface area contributed by atoms with Crippen LogP contribution in [-0.4, -0.2) is 30.4 Å². The number of carboxylic acids is 1. The van der Waals surface area contributed by atoms with E-state index in [1.165, 1.54) is 7.11 Å². The highest BCUT2D eigenvalue weighted by atomic mass is 16.7. The van der Waals surface area contributed by atoms with Crippen molar-refractivity contribution in [2.75, 3.05) is 7.11 Å². The summed E-state index contributed by atoms with van der Waals surface area (Å²) in [6, 6.07) is 0. The van der Waals surface area contributed by atoms with Crippen molar-refractivity contribution in [1.82, 2.24) is 0 Å². The maximum atomic E-state index is 11.9. The third-order valence-electron chi connectivity index (χ3n) is 5.68. The third kappa shape index (κ3) is 4.73. The number of esters is 1. The van der Waals surface area contributed by atoms with Crippen molar-refractivity contribution in [1.29, 1.82) is 0 Å². The Morgan fingerprint density at radius 1 is 1.50 bits per heavy atom. The smallest absolute Gasteiger partial charge is 0.336 e. The zero-order valence-corrected chi connectivity index (χ0v) is 15.8. The molecule has 0 aromatic heterocycles. The molecule has 0 saturated carbocycles. The van der Waals surface area contributed by atoms with E-state index < -0.39 is 12.3 Å². The van der Waals surface area contributed by atoms with E-state index in [0.29, 0.717) is 29.9 Å². The van der Waals surface area contributed by atoms with Crippen molar-refractivity contribution in [3.63, 3.8) is 0 Å². The molecule has 1 aliphatic heterocycles. The van der Waals surface area contributed by atoms with Gasteiger partial charge >= 0.3 is 11.9 Å². The van der Waals surface area contributed by atoms with Gasteiger partial charge in [0.1, 0.15) is 0 Å². The fourth-order valence-corrected chi connectivity index (χ4v) is 3.43. The normalized spacial score (nSPS) is 29.8. The van der Waals surface area contributed by atoms with Crippen LogP contribution in [0.25, 0.3) is 0 Å². The Morgan fingerprint density at radius 2 is 2.23 bits per heavy atom. The summed E-state index contributed by atoms with van der Waals surface area (Å²) in [5.41, 5.74) is 1.60. The Labute approximate surface area is 155 Å². The minimum Gasteiger partial charge on any atom is -0.478 e. The Morgan fingerprint density at radius 3 is 2.85 bits per heavy atom. The fraction of sp³-hybridized carbons (Fsp3) is 0.524. The molecule has 1 N–H and O–H groups in total. The maximum absolute atomic E-state index is 11.9. The highest BCUT2D eigenvalue weighted by Crippen LogP contribution is 2.41. The first-order valence-electron chi connectivity index (χ1n) is 8.99. The lowest BCUT2D eigenvalue weighted by atomic mass is 9.69. The van der Waals surface area contributed by atoms with Crippen LogP contribution in [-0.2, 0) is 19.1 Å². The van der Waals surface area contributed by atoms with Crippen LogP contribution < -0.4 is 0 Å². The molecule has 0 bridgehead atoms. The molecule has 3 unspecified atom stereocenters. The molecule has 2 rings (SSSR count). The van der Waals surface area contributed by atoms with Gasteiger partial charge in [-0.15, -0.1) is 0 Å². The average Bonchev–Trinajstić information content (AvgIpc) is 2.96. The molecule has 0 aromatic carbocycles. The minimum absolute atomic E-state index is 0.00236. The van der Waals surface area contributed by atoms with Gasteiger partial charge in [-0.2, -0.15) is 0 Å². The van der Waals surface area contributed by atoms with Crippen LogP contribution >= 0.6 is 0 Å². The molecule has 0 fully saturated rings. The fourth-order valence-electron chi connectivity index (χ4n) is 3.43. The van der Waals surface area contributed by atoms with Crippen LogP contribution in [0.2, 0.25) is 0 Å². The second-order valence-corrected chi connectivity index (χ2v) is 7.42. The number of methoxy groups -OCH3 is 1. The highest BCUT2D eigenvalue weighted by molar-refractivity contribution is 5.92. The van der Waals surface area contributed by atoms with Gasteiger partial charge in [-0.05, 0) is 61.2 Å². The summed E-state index contributed by atoms with van der Waals surface area (Å²) in [7, 11) is 1.51. The Hall–Kier alpha value is -2.14. The van der Waals surface area contributed by atoms with Gasteiger partial charge in [0, 0.05) is 12.7 Å². The Bertz CT molecular complexity index is 670. The van der Waals surface area contributed by atoms with E-state index in [1.54, 1.807) is 18.2 Å². The van der Waals surface area contributed by atoms with E-state index in [9.17, 15) is 14.7 Å². The summed E-state index contributed by atoms with van der Waals surface area (Å²) in [6.07, 6.45) is 10.4. The van der Waals surface area contributed by atoms with Gasteiger partial charge in [-0.1, -0.05) is 32.6 Å². The maximum Gasteiger partial charge on any atom is 0.336 e. The zero-order valence-electron chi connectivity index (χ0n) is 15.8. The number of hydrogen-bond donors (Lipinski definition) is 1. The van der Waals surface area contributed by atoms with Crippen molar-refractivity contribution >= 4 is 11.9 Å². The Balaban J connectivity index is 2.12. The van der Waals surface area contributed by atoms with Gasteiger partial charge in [0.2, 0.25) is 6.29 Å². The van der Waals surface area contributed by atoms with Crippen molar-refractivity contribution in [2.45, 2.75) is 52.2 Å². The van der Waals surface area contributed by atoms with Crippen molar-refractivity contribution in [3.05, 3.63) is 47.6 Å². The summed E-state index contributed by atoms with van der Waals surface area (Å²) in [6.45, 7) is 8.35. The number of carbonyl (C=O) groups is 2. The standard InChI is InChI=1S/C21H28O5/c1-14-8-9-15(2)21(3,11-6-5-7-17(14)19(22)23)12-10-16-13-18(25-4)26-20(16)24/h5-7,13,15,18H,1,8-12H2,2-4H3,(H,22,23). The minimum atomic E-state index is -0.935. The first-order chi connectivity index (χ1) is 12.3. The third-order valence-corrected chi connectivity index (χ3v) is 5.68. The molecule has 1 heterocycles. The van der Waals surface area contributed by atoms with Crippen LogP contribution in [0.3, 0.4) is 0 Å². The summed E-state index contributed by atoms with van der Waals surface area (Å²) in [5, 5.41) is 9.31. The van der Waals surface area contributed by atoms with E-state index in [1.807, 2.05) is 6.08 Å². The summed E-state index contributed by atoms with van der Waals surface area (Å²) in [5.74, 6) is -0.880. The number of carboxylic acid groups (broad SMARTS) is 1. The lowest BCUT2D eigenvalue weighted by Gasteiger charge is -2.36. The molecule has 5 nitrogen and oxygen atoms in total. The van der Waals surface area contributed by atoms with Crippen molar-refractivity contribution in [3.8, 4) is 0 Å². The quantitative estimate of drug-likeness (QED) is 0.745. The largest absolute Gasteiger partial charge is 0.478 e. The molecular formula is C21H28O5. The molecule has 0 radical (unpaired) electrons. The van der Waals surface area contributed by atoms with Gasteiger partial charge in [-0.25, -0.2) is 9.59 Å². The van der Waals surface area contributed by atoms with Gasteiger partial charge in [0.05, 0.1) is 5.57 Å². The molecule has 0 aromatic rings. The number of carbonyl (C=O) groups excluding carboxylic acids is 1. The second kappa shape index (κ2) is 8.49. The molecule has 26 heavy (non-hydrogen) atoms. The molecule has 1 aliphatic carbocycles. The summed E-state index contributed by atoms with van der Waals surface area (Å²) >= 11 is 0. The highest BCUT2D eigenvalue weighted by Gasteiger charge is 2.33. The lowest BCUT2D eigenvalue weighted by molar-refractivity contribution is -0.155. The van der Waals surface area contributed by atoms with E-state index in [2.05, 4.69) is 20.4 Å². The predicted octanol–water partition coefficient (Wildman–Crippen LogP) is 4.17. The lowest BCUT2D eigenvalue weighted by Crippen LogP contribution is -2.26. The number of rotatable bonds is 5. The van der Waals surface area contributed by atoms with Crippen LogP contribution in [0.4, 0.5) is 0 Å². The first kappa shape index (κ1) is 20.2. The number of aliphatic carboxylic acids is 1. The molecule has 0 saturated heterocycles. The Kier molecular flexibility index (Phi) is 6.59. The van der Waals surface area contributed by atoms with Crippen LogP contribution in [0.5, 0.6) is 0 Å². The van der Waals surface area contributed by atoms with Crippen molar-refractivity contribution in [2.24, 2.45) is 11.3 Å². The first-order valence-corrected chi connectivity index (χ1v) is 8.99. The van der Waals surface area contributed by atoms with Crippen LogP contribution in [0, 0.1) is 11.3 Å². The topological polar surface area (TPSA) is 72.8 Å². The number of hydrogen-bond acceptors (Lipinski definition) is 4. The number of cyclic esters (lactones) is 1. The number of ether oxygens (including phenoxy) is 2. The molecular weight excluding hydrogens is 332 g/mol. The summed E-state index contributed by atoms with van der Waals surface area (Å²) in [4.78, 5) is 23.3. The molecule has 2 aliphatic rings. The van der Waals surface area contributed by atoms with Gasteiger partial charge in [0.25, 0.3) is 0 Å². The molecule has 5 heteroatoms. The predicted molar refractivity (Wildman–Crippen MR) is 99.3 cm³/mol. The molecule has 3 atom stereocenters. The van der Waals surface area contributed by atoms with Gasteiger partial charge in [0.15, 0.2) is 0 Å². The second-order valence-electron chi connectivity index (χ2n) is 7.42. The van der Waals surface area contributed by atoms with E-state index in [-0.39, 0.29) is 17.0 Å².